The number of amides is 1. The molecule has 1 amide bonds. The van der Waals surface area contributed by atoms with Crippen LogP contribution in [-0.4, -0.2) is 67.7 Å². The van der Waals surface area contributed by atoms with Crippen molar-refractivity contribution in [3.05, 3.63) is 36.7 Å². The van der Waals surface area contributed by atoms with Crippen LogP contribution in [0, 0.1) is 0 Å². The van der Waals surface area contributed by atoms with Crippen molar-refractivity contribution in [1.82, 2.24) is 14.9 Å². The number of nitrogens with one attached hydrogen (secondary N) is 1. The molecule has 0 saturated carbocycles. The third kappa shape index (κ3) is 4.78. The molecule has 2 aromatic rings. The fourth-order valence-corrected chi connectivity index (χ4v) is 3.02. The molecule has 1 aliphatic heterocycles. The summed E-state index contributed by atoms with van der Waals surface area (Å²) in [5, 5.41) is 3.26. The lowest BCUT2D eigenvalue weighted by atomic mass is 10.2. The summed E-state index contributed by atoms with van der Waals surface area (Å²) in [6.45, 7) is 3.38. The average molecular weight is 371 g/mol. The second kappa shape index (κ2) is 9.07. The van der Waals surface area contributed by atoms with Crippen LogP contribution in [0.5, 0.6) is 11.5 Å². The van der Waals surface area contributed by atoms with Crippen LogP contribution in [0.1, 0.15) is 6.42 Å². The van der Waals surface area contributed by atoms with Gasteiger partial charge in [0.05, 0.1) is 19.9 Å². The van der Waals surface area contributed by atoms with Gasteiger partial charge in [-0.1, -0.05) is 0 Å². The number of hydrogen-bond acceptors (Lipinski definition) is 7. The van der Waals surface area contributed by atoms with Gasteiger partial charge in [-0.3, -0.25) is 4.79 Å². The zero-order chi connectivity index (χ0) is 19.1. The van der Waals surface area contributed by atoms with E-state index in [-0.39, 0.29) is 5.91 Å². The summed E-state index contributed by atoms with van der Waals surface area (Å²) in [5.41, 5.74) is 0.815. The molecule has 0 spiro atoms. The molecule has 8 heteroatoms. The molecule has 0 atom stereocenters. The number of benzene rings is 1. The first-order valence-electron chi connectivity index (χ1n) is 8.97. The van der Waals surface area contributed by atoms with Crippen molar-refractivity contribution in [2.24, 2.45) is 0 Å². The van der Waals surface area contributed by atoms with Gasteiger partial charge in [-0.15, -0.1) is 0 Å². The van der Waals surface area contributed by atoms with Crippen LogP contribution >= 0.6 is 0 Å². The van der Waals surface area contributed by atoms with Crippen LogP contribution in [0.15, 0.2) is 36.7 Å². The summed E-state index contributed by atoms with van der Waals surface area (Å²) in [5.74, 6) is 2.32. The van der Waals surface area contributed by atoms with Crippen LogP contribution in [0.25, 0.3) is 0 Å². The van der Waals surface area contributed by atoms with E-state index in [9.17, 15) is 4.79 Å². The molecule has 1 fully saturated rings. The van der Waals surface area contributed by atoms with Gasteiger partial charge in [-0.05, 0) is 18.2 Å². The first kappa shape index (κ1) is 18.8. The minimum absolute atomic E-state index is 0.137. The van der Waals surface area contributed by atoms with Crippen molar-refractivity contribution >= 4 is 17.5 Å². The molecule has 0 unspecified atom stereocenters. The SMILES string of the molecule is COc1ccc(OC)c(NCCC(=O)N2CCN(c3ncccn3)CC2)c1. The summed E-state index contributed by atoms with van der Waals surface area (Å²) in [7, 11) is 3.24. The monoisotopic (exact) mass is 371 g/mol. The first-order valence-corrected chi connectivity index (χ1v) is 8.97. The van der Waals surface area contributed by atoms with E-state index < -0.39 is 0 Å². The van der Waals surface area contributed by atoms with Gasteiger partial charge in [-0.25, -0.2) is 9.97 Å². The molecule has 8 nitrogen and oxygen atoms in total. The Bertz CT molecular complexity index is 748. The van der Waals surface area contributed by atoms with Crippen molar-refractivity contribution in [3.8, 4) is 11.5 Å². The number of nitrogens with zero attached hydrogens (tertiary/aromatic N) is 4. The highest BCUT2D eigenvalue weighted by Gasteiger charge is 2.22. The maximum Gasteiger partial charge on any atom is 0.225 e. The van der Waals surface area contributed by atoms with Crippen molar-refractivity contribution in [3.63, 3.8) is 0 Å². The summed E-state index contributed by atoms with van der Waals surface area (Å²) >= 11 is 0. The van der Waals surface area contributed by atoms with Gasteiger partial charge in [0.25, 0.3) is 0 Å². The highest BCUT2D eigenvalue weighted by atomic mass is 16.5. The van der Waals surface area contributed by atoms with Gasteiger partial charge in [-0.2, -0.15) is 0 Å². The normalized spacial score (nSPS) is 14.0. The van der Waals surface area contributed by atoms with Crippen molar-refractivity contribution < 1.29 is 14.3 Å². The molecule has 0 bridgehead atoms. The fourth-order valence-electron chi connectivity index (χ4n) is 3.02. The number of carbonyl (C=O) groups excluding carboxylic acids is 1. The number of anilines is 2. The number of rotatable bonds is 7. The quantitative estimate of drug-likeness (QED) is 0.793. The average Bonchev–Trinajstić information content (AvgIpc) is 2.74. The fraction of sp³-hybridized carbons (Fsp3) is 0.421. The zero-order valence-electron chi connectivity index (χ0n) is 15.7. The molecule has 144 valence electrons. The van der Waals surface area contributed by atoms with E-state index in [1.54, 1.807) is 32.7 Å². The van der Waals surface area contributed by atoms with E-state index in [0.29, 0.717) is 26.1 Å². The Morgan fingerprint density at radius 2 is 1.85 bits per heavy atom. The summed E-state index contributed by atoms with van der Waals surface area (Å²) in [6.07, 6.45) is 3.89. The number of carbonyl (C=O) groups is 1. The topological polar surface area (TPSA) is 79.8 Å². The Hall–Kier alpha value is -3.03. The Labute approximate surface area is 159 Å². The minimum atomic E-state index is 0.137. The number of methoxy groups -OCH3 is 2. The number of aromatic nitrogens is 2. The minimum Gasteiger partial charge on any atom is -0.497 e. The second-order valence-electron chi connectivity index (χ2n) is 6.16. The molecular formula is C19H25N5O3. The van der Waals surface area contributed by atoms with E-state index in [2.05, 4.69) is 20.2 Å². The molecular weight excluding hydrogens is 346 g/mol. The molecule has 1 saturated heterocycles. The molecule has 27 heavy (non-hydrogen) atoms. The van der Waals surface area contributed by atoms with E-state index in [1.165, 1.54) is 0 Å². The lowest BCUT2D eigenvalue weighted by Gasteiger charge is -2.34. The van der Waals surface area contributed by atoms with Gasteiger partial charge in [0.2, 0.25) is 11.9 Å². The summed E-state index contributed by atoms with van der Waals surface area (Å²) in [6, 6.07) is 7.34. The third-order valence-electron chi connectivity index (χ3n) is 4.53. The summed E-state index contributed by atoms with van der Waals surface area (Å²) < 4.78 is 10.6. The highest BCUT2D eigenvalue weighted by molar-refractivity contribution is 5.77. The largest absolute Gasteiger partial charge is 0.497 e. The first-order chi connectivity index (χ1) is 13.2. The molecule has 2 heterocycles. The molecule has 1 N–H and O–H groups in total. The lowest BCUT2D eigenvalue weighted by molar-refractivity contribution is -0.131. The maximum absolute atomic E-state index is 12.5. The van der Waals surface area contributed by atoms with Gasteiger partial charge in [0.1, 0.15) is 11.5 Å². The Kier molecular flexibility index (Phi) is 6.30. The van der Waals surface area contributed by atoms with Crippen LogP contribution in [0.3, 0.4) is 0 Å². The standard InChI is InChI=1S/C19H25N5O3/c1-26-15-4-5-17(27-2)16(14-15)20-9-6-18(25)23-10-12-24(13-11-23)19-21-7-3-8-22-19/h3-5,7-8,14,20H,6,9-13H2,1-2H3. The molecule has 0 radical (unpaired) electrons. The molecule has 1 aliphatic rings. The van der Waals surface area contributed by atoms with Crippen LogP contribution in [0.4, 0.5) is 11.6 Å². The Morgan fingerprint density at radius 3 is 2.52 bits per heavy atom. The van der Waals surface area contributed by atoms with Crippen molar-refractivity contribution in [1.29, 1.82) is 0 Å². The molecule has 1 aromatic carbocycles. The van der Waals surface area contributed by atoms with Crippen LogP contribution in [-0.2, 0) is 4.79 Å². The predicted octanol–water partition coefficient (Wildman–Crippen LogP) is 1.64. The van der Waals surface area contributed by atoms with Gasteiger partial charge >= 0.3 is 0 Å². The number of ether oxygens (including phenoxy) is 2. The van der Waals surface area contributed by atoms with E-state index in [0.717, 1.165) is 36.2 Å². The van der Waals surface area contributed by atoms with E-state index >= 15 is 0 Å². The Balaban J connectivity index is 1.47. The van der Waals surface area contributed by atoms with Gasteiger partial charge in [0, 0.05) is 57.6 Å². The maximum atomic E-state index is 12.5. The second-order valence-corrected chi connectivity index (χ2v) is 6.16. The van der Waals surface area contributed by atoms with Crippen LogP contribution < -0.4 is 19.7 Å². The lowest BCUT2D eigenvalue weighted by Crippen LogP contribution is -2.49. The highest BCUT2D eigenvalue weighted by Crippen LogP contribution is 2.28. The van der Waals surface area contributed by atoms with Crippen molar-refractivity contribution in [2.45, 2.75) is 6.42 Å². The predicted molar refractivity (Wildman–Crippen MR) is 103 cm³/mol. The van der Waals surface area contributed by atoms with Crippen molar-refractivity contribution in [2.75, 3.05) is 57.2 Å². The van der Waals surface area contributed by atoms with E-state index in [1.807, 2.05) is 23.1 Å². The molecule has 1 aromatic heterocycles. The zero-order valence-corrected chi connectivity index (χ0v) is 15.7. The number of piperazine rings is 1. The molecule has 3 rings (SSSR count). The third-order valence-corrected chi connectivity index (χ3v) is 4.53. The van der Waals surface area contributed by atoms with Crippen LogP contribution in [0.2, 0.25) is 0 Å². The van der Waals surface area contributed by atoms with Gasteiger partial charge < -0.3 is 24.6 Å². The number of hydrogen-bond donors (Lipinski definition) is 1. The van der Waals surface area contributed by atoms with E-state index in [4.69, 9.17) is 9.47 Å². The summed E-state index contributed by atoms with van der Waals surface area (Å²) in [4.78, 5) is 25.0. The Morgan fingerprint density at radius 1 is 1.11 bits per heavy atom. The molecule has 0 aliphatic carbocycles. The van der Waals surface area contributed by atoms with Gasteiger partial charge in [0.15, 0.2) is 0 Å². The smallest absolute Gasteiger partial charge is 0.225 e.